The predicted octanol–water partition coefficient (Wildman–Crippen LogP) is 1.24. The number of hydrogen-bond donors (Lipinski definition) is 0. The van der Waals surface area contributed by atoms with Crippen molar-refractivity contribution < 1.29 is 14.3 Å². The van der Waals surface area contributed by atoms with E-state index in [2.05, 4.69) is 14.7 Å². The van der Waals surface area contributed by atoms with Crippen LogP contribution in [0, 0.1) is 0 Å². The first-order valence-electron chi connectivity index (χ1n) is 4.29. The molecule has 1 aromatic rings. The van der Waals surface area contributed by atoms with Gasteiger partial charge in [-0.15, -0.1) is 0 Å². The maximum atomic E-state index is 10.9. The van der Waals surface area contributed by atoms with Crippen molar-refractivity contribution in [3.8, 4) is 6.01 Å². The average Bonchev–Trinajstić information content (AvgIpc) is 2.26. The monoisotopic (exact) mass is 230 g/mol. The molecule has 1 heterocycles. The van der Waals surface area contributed by atoms with Gasteiger partial charge >= 0.3 is 12.0 Å². The minimum atomic E-state index is -0.290. The third kappa shape index (κ3) is 3.36. The van der Waals surface area contributed by atoms with Crippen LogP contribution in [-0.4, -0.2) is 30.2 Å². The highest BCUT2D eigenvalue weighted by molar-refractivity contribution is 6.30. The van der Waals surface area contributed by atoms with Crippen molar-refractivity contribution in [3.63, 3.8) is 0 Å². The van der Waals surface area contributed by atoms with Crippen LogP contribution in [0.4, 0.5) is 0 Å². The summed E-state index contributed by atoms with van der Waals surface area (Å²) in [5.41, 5.74) is 0.697. The molecule has 0 aromatic carbocycles. The van der Waals surface area contributed by atoms with Gasteiger partial charge in [0.2, 0.25) is 0 Å². The zero-order valence-corrected chi connectivity index (χ0v) is 9.24. The lowest BCUT2D eigenvalue weighted by Crippen LogP contribution is -2.03. The molecule has 0 unspecified atom stereocenters. The van der Waals surface area contributed by atoms with Gasteiger partial charge in [0, 0.05) is 18.2 Å². The summed E-state index contributed by atoms with van der Waals surface area (Å²) in [7, 11) is 2.80. The van der Waals surface area contributed by atoms with Crippen LogP contribution in [0.2, 0.25) is 5.15 Å². The summed E-state index contributed by atoms with van der Waals surface area (Å²) in [4.78, 5) is 18.7. The van der Waals surface area contributed by atoms with Crippen molar-refractivity contribution in [2.24, 2.45) is 0 Å². The molecule has 0 fully saturated rings. The average molecular weight is 231 g/mol. The summed E-state index contributed by atoms with van der Waals surface area (Å²) >= 11 is 5.85. The van der Waals surface area contributed by atoms with E-state index in [4.69, 9.17) is 16.3 Å². The Morgan fingerprint density at radius 2 is 2.27 bits per heavy atom. The highest BCUT2D eigenvalue weighted by Gasteiger charge is 2.08. The van der Waals surface area contributed by atoms with E-state index in [1.807, 2.05) is 0 Å². The molecule has 0 spiro atoms. The molecule has 1 aromatic heterocycles. The largest absolute Gasteiger partial charge is 0.469 e. The fraction of sp³-hybridized carbons (Fsp3) is 0.444. The highest BCUT2D eigenvalue weighted by atomic mass is 35.5. The van der Waals surface area contributed by atoms with Gasteiger partial charge in [0.25, 0.3) is 0 Å². The second-order valence-electron chi connectivity index (χ2n) is 2.75. The molecule has 0 saturated carbocycles. The first-order chi connectivity index (χ1) is 7.17. The summed E-state index contributed by atoms with van der Waals surface area (Å²) in [6.07, 6.45) is 2.25. The van der Waals surface area contributed by atoms with E-state index in [0.29, 0.717) is 17.1 Å². The number of aryl methyl sites for hydroxylation is 1. The van der Waals surface area contributed by atoms with E-state index < -0.39 is 0 Å². The van der Waals surface area contributed by atoms with Gasteiger partial charge in [-0.3, -0.25) is 4.79 Å². The molecule has 0 radical (unpaired) electrons. The summed E-state index contributed by atoms with van der Waals surface area (Å²) in [6.45, 7) is 0. The fourth-order valence-electron chi connectivity index (χ4n) is 0.976. The van der Waals surface area contributed by atoms with Crippen molar-refractivity contribution >= 4 is 17.6 Å². The Kier molecular flexibility index (Phi) is 4.30. The van der Waals surface area contributed by atoms with Crippen molar-refractivity contribution in [2.45, 2.75) is 12.8 Å². The quantitative estimate of drug-likeness (QED) is 0.575. The molecule has 5 nitrogen and oxygen atoms in total. The molecule has 15 heavy (non-hydrogen) atoms. The van der Waals surface area contributed by atoms with Crippen LogP contribution in [0.15, 0.2) is 6.20 Å². The van der Waals surface area contributed by atoms with Gasteiger partial charge in [0.05, 0.1) is 14.2 Å². The summed E-state index contributed by atoms with van der Waals surface area (Å²) in [5, 5.41) is 0.297. The topological polar surface area (TPSA) is 61.3 Å². The number of rotatable bonds is 4. The third-order valence-electron chi connectivity index (χ3n) is 1.80. The van der Waals surface area contributed by atoms with E-state index in [-0.39, 0.29) is 18.4 Å². The van der Waals surface area contributed by atoms with Crippen LogP contribution in [-0.2, 0) is 16.0 Å². The Morgan fingerprint density at radius 3 is 2.80 bits per heavy atom. The number of carbonyl (C=O) groups is 1. The summed E-state index contributed by atoms with van der Waals surface area (Å²) in [5.74, 6) is -0.290. The lowest BCUT2D eigenvalue weighted by atomic mass is 10.2. The zero-order valence-electron chi connectivity index (χ0n) is 8.49. The van der Waals surface area contributed by atoms with Crippen LogP contribution >= 0.6 is 11.6 Å². The van der Waals surface area contributed by atoms with Crippen molar-refractivity contribution in [2.75, 3.05) is 14.2 Å². The van der Waals surface area contributed by atoms with E-state index in [1.54, 1.807) is 0 Å². The molecular weight excluding hydrogens is 220 g/mol. The van der Waals surface area contributed by atoms with E-state index in [9.17, 15) is 4.79 Å². The van der Waals surface area contributed by atoms with Gasteiger partial charge in [0.15, 0.2) is 0 Å². The van der Waals surface area contributed by atoms with Gasteiger partial charge in [0.1, 0.15) is 5.15 Å². The Bertz CT molecular complexity index is 357. The number of halogens is 1. The minimum absolute atomic E-state index is 0.210. The number of hydrogen-bond acceptors (Lipinski definition) is 5. The molecule has 6 heteroatoms. The molecule has 1 rings (SSSR count). The van der Waals surface area contributed by atoms with Gasteiger partial charge in [-0.1, -0.05) is 11.6 Å². The van der Waals surface area contributed by atoms with E-state index in [0.717, 1.165) is 0 Å². The first kappa shape index (κ1) is 11.7. The van der Waals surface area contributed by atoms with Gasteiger partial charge in [-0.25, -0.2) is 4.98 Å². The molecule has 0 amide bonds. The highest BCUT2D eigenvalue weighted by Crippen LogP contribution is 2.16. The number of nitrogens with zero attached hydrogens (tertiary/aromatic N) is 2. The van der Waals surface area contributed by atoms with E-state index in [1.165, 1.54) is 20.4 Å². The van der Waals surface area contributed by atoms with Crippen LogP contribution in [0.1, 0.15) is 12.0 Å². The van der Waals surface area contributed by atoms with Crippen LogP contribution in [0.3, 0.4) is 0 Å². The molecule has 0 atom stereocenters. The smallest absolute Gasteiger partial charge is 0.317 e. The normalized spacial score (nSPS) is 9.80. The molecule has 0 bridgehead atoms. The molecule has 0 aliphatic carbocycles. The molecular formula is C9H11ClN2O3. The Morgan fingerprint density at radius 1 is 1.53 bits per heavy atom. The van der Waals surface area contributed by atoms with Crippen LogP contribution in [0.5, 0.6) is 6.01 Å². The minimum Gasteiger partial charge on any atom is -0.469 e. The zero-order chi connectivity index (χ0) is 11.3. The van der Waals surface area contributed by atoms with Crippen molar-refractivity contribution in [1.82, 2.24) is 9.97 Å². The van der Waals surface area contributed by atoms with Crippen LogP contribution < -0.4 is 4.74 Å². The Balaban J connectivity index is 2.66. The third-order valence-corrected chi connectivity index (χ3v) is 2.13. The molecule has 0 aliphatic rings. The second-order valence-corrected chi connectivity index (χ2v) is 3.11. The molecule has 82 valence electrons. The van der Waals surface area contributed by atoms with Gasteiger partial charge in [-0.05, 0) is 6.42 Å². The summed E-state index contributed by atoms with van der Waals surface area (Å²) < 4.78 is 9.31. The number of methoxy groups -OCH3 is 2. The standard InChI is InChI=1S/C9H11ClN2O3/c1-14-7(13)4-3-6-5-11-9(15-2)12-8(6)10/h5H,3-4H2,1-2H3. The number of esters is 1. The maximum absolute atomic E-state index is 10.9. The first-order valence-corrected chi connectivity index (χ1v) is 4.67. The number of ether oxygens (including phenoxy) is 2. The van der Waals surface area contributed by atoms with Crippen LogP contribution in [0.25, 0.3) is 0 Å². The van der Waals surface area contributed by atoms with Gasteiger partial charge in [-0.2, -0.15) is 4.98 Å². The maximum Gasteiger partial charge on any atom is 0.317 e. The lowest BCUT2D eigenvalue weighted by Gasteiger charge is -2.03. The SMILES string of the molecule is COC(=O)CCc1cnc(OC)nc1Cl. The molecule has 0 N–H and O–H groups in total. The number of carbonyl (C=O) groups excluding carboxylic acids is 1. The Labute approximate surface area is 92.4 Å². The van der Waals surface area contributed by atoms with Crippen molar-refractivity contribution in [1.29, 1.82) is 0 Å². The lowest BCUT2D eigenvalue weighted by molar-refractivity contribution is -0.140. The number of aromatic nitrogens is 2. The predicted molar refractivity (Wildman–Crippen MR) is 53.9 cm³/mol. The van der Waals surface area contributed by atoms with Gasteiger partial charge < -0.3 is 9.47 Å². The fourth-order valence-corrected chi connectivity index (χ4v) is 1.19. The Hall–Kier alpha value is -1.36. The van der Waals surface area contributed by atoms with E-state index >= 15 is 0 Å². The summed E-state index contributed by atoms with van der Waals surface area (Å²) in [6, 6.07) is 0.210. The molecule has 0 aliphatic heterocycles. The molecule has 0 saturated heterocycles. The van der Waals surface area contributed by atoms with Crippen molar-refractivity contribution in [3.05, 3.63) is 16.9 Å². The second kappa shape index (κ2) is 5.50.